The van der Waals surface area contributed by atoms with Crippen molar-refractivity contribution >= 4 is 16.9 Å². The number of nitrogens with one attached hydrogen (secondary N) is 1. The van der Waals surface area contributed by atoms with E-state index in [1.807, 2.05) is 34.8 Å². The van der Waals surface area contributed by atoms with Crippen LogP contribution in [0.5, 0.6) is 0 Å². The van der Waals surface area contributed by atoms with E-state index in [1.165, 1.54) is 0 Å². The molecule has 0 unspecified atom stereocenters. The number of amides is 1. The highest BCUT2D eigenvalue weighted by molar-refractivity contribution is 5.76. The zero-order chi connectivity index (χ0) is 17.2. The van der Waals surface area contributed by atoms with Gasteiger partial charge in [0.2, 0.25) is 5.91 Å². The summed E-state index contributed by atoms with van der Waals surface area (Å²) >= 11 is 0. The van der Waals surface area contributed by atoms with Gasteiger partial charge in [0.05, 0.1) is 11.9 Å². The Labute approximate surface area is 146 Å². The van der Waals surface area contributed by atoms with Crippen molar-refractivity contribution in [3.05, 3.63) is 42.0 Å². The monoisotopic (exact) mass is 338 g/mol. The van der Waals surface area contributed by atoms with Crippen LogP contribution in [0.2, 0.25) is 0 Å². The van der Waals surface area contributed by atoms with Crippen molar-refractivity contribution in [3.8, 4) is 0 Å². The first-order valence-corrected chi connectivity index (χ1v) is 8.77. The molecule has 25 heavy (non-hydrogen) atoms. The van der Waals surface area contributed by atoms with Crippen LogP contribution in [-0.2, 0) is 11.3 Å². The highest BCUT2D eigenvalue weighted by Crippen LogP contribution is 2.27. The van der Waals surface area contributed by atoms with E-state index in [4.69, 9.17) is 0 Å². The van der Waals surface area contributed by atoms with Crippen LogP contribution in [0.4, 0.5) is 0 Å². The summed E-state index contributed by atoms with van der Waals surface area (Å²) < 4.78 is 1.84. The van der Waals surface area contributed by atoms with Crippen molar-refractivity contribution < 1.29 is 4.79 Å². The van der Waals surface area contributed by atoms with Crippen LogP contribution < -0.4 is 0 Å². The Bertz CT molecular complexity index is 882. The van der Waals surface area contributed by atoms with Gasteiger partial charge in [0.25, 0.3) is 0 Å². The van der Waals surface area contributed by atoms with Crippen LogP contribution in [0, 0.1) is 6.92 Å². The number of aromatic amines is 1. The third-order valence-corrected chi connectivity index (χ3v) is 4.84. The van der Waals surface area contributed by atoms with Gasteiger partial charge in [-0.15, -0.1) is 0 Å². The number of hydrogen-bond donors (Lipinski definition) is 1. The van der Waals surface area contributed by atoms with Gasteiger partial charge >= 0.3 is 0 Å². The molecule has 130 valence electrons. The Morgan fingerprint density at radius 1 is 1.36 bits per heavy atom. The number of likely N-dealkylation sites (tertiary alicyclic amines) is 1. The fourth-order valence-electron chi connectivity index (χ4n) is 3.47. The SMILES string of the molecule is Cc1ccn(CCC(=O)N2CCC[C@H](c3ccc4cn[nH]c4n3)C2)n1. The highest BCUT2D eigenvalue weighted by Gasteiger charge is 2.25. The average molecular weight is 338 g/mol. The molecule has 1 aliphatic rings. The predicted octanol–water partition coefficient (Wildman–Crippen LogP) is 2.26. The molecule has 7 heteroatoms. The number of rotatable bonds is 4. The van der Waals surface area contributed by atoms with Crippen molar-refractivity contribution in [2.75, 3.05) is 13.1 Å². The summed E-state index contributed by atoms with van der Waals surface area (Å²) in [5, 5.41) is 12.3. The summed E-state index contributed by atoms with van der Waals surface area (Å²) in [6.07, 6.45) is 6.26. The number of aromatic nitrogens is 5. The molecule has 7 nitrogen and oxygen atoms in total. The fourth-order valence-corrected chi connectivity index (χ4v) is 3.47. The Morgan fingerprint density at radius 2 is 2.28 bits per heavy atom. The Kier molecular flexibility index (Phi) is 4.21. The molecule has 1 aliphatic heterocycles. The summed E-state index contributed by atoms with van der Waals surface area (Å²) in [5.41, 5.74) is 2.83. The lowest BCUT2D eigenvalue weighted by Crippen LogP contribution is -2.39. The van der Waals surface area contributed by atoms with Crippen molar-refractivity contribution in [1.29, 1.82) is 0 Å². The molecule has 0 saturated carbocycles. The van der Waals surface area contributed by atoms with Gasteiger partial charge in [0.1, 0.15) is 0 Å². The van der Waals surface area contributed by atoms with Crippen LogP contribution in [0.15, 0.2) is 30.6 Å². The largest absolute Gasteiger partial charge is 0.342 e. The maximum absolute atomic E-state index is 12.6. The summed E-state index contributed by atoms with van der Waals surface area (Å²) in [7, 11) is 0. The third-order valence-electron chi connectivity index (χ3n) is 4.84. The normalized spacial score (nSPS) is 18.0. The minimum absolute atomic E-state index is 0.195. The van der Waals surface area contributed by atoms with Crippen molar-refractivity contribution in [1.82, 2.24) is 29.9 Å². The minimum atomic E-state index is 0.195. The van der Waals surface area contributed by atoms with Gasteiger partial charge in [0.15, 0.2) is 5.65 Å². The number of piperidine rings is 1. The molecule has 0 aliphatic carbocycles. The second kappa shape index (κ2) is 6.66. The van der Waals surface area contributed by atoms with E-state index in [9.17, 15) is 4.79 Å². The zero-order valence-electron chi connectivity index (χ0n) is 14.4. The first-order chi connectivity index (χ1) is 12.2. The molecular weight excluding hydrogens is 316 g/mol. The van der Waals surface area contributed by atoms with Crippen molar-refractivity contribution in [3.63, 3.8) is 0 Å². The molecule has 3 aromatic heterocycles. The highest BCUT2D eigenvalue weighted by atomic mass is 16.2. The second-order valence-electron chi connectivity index (χ2n) is 6.69. The summed E-state index contributed by atoms with van der Waals surface area (Å²) in [4.78, 5) is 19.2. The molecule has 1 fully saturated rings. The average Bonchev–Trinajstić information content (AvgIpc) is 3.27. The number of fused-ring (bicyclic) bond motifs is 1. The van der Waals surface area contributed by atoms with E-state index in [0.29, 0.717) is 13.0 Å². The summed E-state index contributed by atoms with van der Waals surface area (Å²) in [5.74, 6) is 0.484. The number of H-pyrrole nitrogens is 1. The Hall–Kier alpha value is -2.70. The first-order valence-electron chi connectivity index (χ1n) is 8.77. The first kappa shape index (κ1) is 15.8. The molecule has 1 atom stereocenters. The number of aryl methyl sites for hydroxylation is 2. The lowest BCUT2D eigenvalue weighted by molar-refractivity contribution is -0.132. The Balaban J connectivity index is 1.40. The zero-order valence-corrected chi connectivity index (χ0v) is 14.4. The van der Waals surface area contributed by atoms with Gasteiger partial charge in [-0.2, -0.15) is 10.2 Å². The van der Waals surface area contributed by atoms with Gasteiger partial charge in [0, 0.05) is 49.2 Å². The van der Waals surface area contributed by atoms with Gasteiger partial charge in [-0.05, 0) is 38.0 Å². The summed E-state index contributed by atoms with van der Waals surface area (Å²) in [6.45, 7) is 4.16. The molecule has 0 bridgehead atoms. The molecule has 1 N–H and O–H groups in total. The number of carbonyl (C=O) groups excluding carboxylic acids is 1. The predicted molar refractivity (Wildman–Crippen MR) is 94.0 cm³/mol. The van der Waals surface area contributed by atoms with Crippen molar-refractivity contribution in [2.45, 2.75) is 38.6 Å². The van der Waals surface area contributed by atoms with Crippen LogP contribution in [0.1, 0.15) is 36.6 Å². The molecular formula is C18H22N6O. The molecule has 4 rings (SSSR count). The standard InChI is InChI=1S/C18H22N6O/c1-13-6-9-24(22-13)10-7-17(25)23-8-2-3-15(12-23)16-5-4-14-11-19-21-18(14)20-16/h4-6,9,11,15H,2-3,7-8,10,12H2,1H3,(H,19,20,21)/t15-/m0/s1. The summed E-state index contributed by atoms with van der Waals surface area (Å²) in [6, 6.07) is 6.06. The molecule has 0 aromatic carbocycles. The van der Waals surface area contributed by atoms with Crippen molar-refractivity contribution in [2.24, 2.45) is 0 Å². The van der Waals surface area contributed by atoms with Crippen LogP contribution in [-0.4, -0.2) is 48.9 Å². The number of pyridine rings is 1. The lowest BCUT2D eigenvalue weighted by Gasteiger charge is -2.32. The molecule has 1 amide bonds. The van der Waals surface area contributed by atoms with E-state index in [0.717, 1.165) is 48.4 Å². The van der Waals surface area contributed by atoms with Crippen LogP contribution >= 0.6 is 0 Å². The van der Waals surface area contributed by atoms with Gasteiger partial charge in [-0.25, -0.2) is 4.98 Å². The molecule has 1 saturated heterocycles. The fraction of sp³-hybridized carbons (Fsp3) is 0.444. The van der Waals surface area contributed by atoms with Gasteiger partial charge < -0.3 is 4.90 Å². The Morgan fingerprint density at radius 3 is 3.12 bits per heavy atom. The molecule has 4 heterocycles. The van der Waals surface area contributed by atoms with E-state index < -0.39 is 0 Å². The number of hydrogen-bond acceptors (Lipinski definition) is 4. The van der Waals surface area contributed by atoms with E-state index in [-0.39, 0.29) is 11.8 Å². The van der Waals surface area contributed by atoms with E-state index in [1.54, 1.807) is 6.20 Å². The second-order valence-corrected chi connectivity index (χ2v) is 6.69. The maximum atomic E-state index is 12.6. The third kappa shape index (κ3) is 3.40. The van der Waals surface area contributed by atoms with E-state index >= 15 is 0 Å². The van der Waals surface area contributed by atoms with Crippen LogP contribution in [0.3, 0.4) is 0 Å². The van der Waals surface area contributed by atoms with Gasteiger partial charge in [-0.1, -0.05) is 0 Å². The number of nitrogens with zero attached hydrogens (tertiary/aromatic N) is 5. The van der Waals surface area contributed by atoms with E-state index in [2.05, 4.69) is 26.3 Å². The minimum Gasteiger partial charge on any atom is -0.342 e. The lowest BCUT2D eigenvalue weighted by atomic mass is 9.94. The smallest absolute Gasteiger partial charge is 0.224 e. The maximum Gasteiger partial charge on any atom is 0.224 e. The number of carbonyl (C=O) groups is 1. The molecule has 0 radical (unpaired) electrons. The molecule has 0 spiro atoms. The topological polar surface area (TPSA) is 79.7 Å². The van der Waals surface area contributed by atoms with Gasteiger partial charge in [-0.3, -0.25) is 14.6 Å². The quantitative estimate of drug-likeness (QED) is 0.791. The molecule has 3 aromatic rings. The van der Waals surface area contributed by atoms with Crippen LogP contribution in [0.25, 0.3) is 11.0 Å².